The highest BCUT2D eigenvalue weighted by Gasteiger charge is 2.25. The van der Waals surface area contributed by atoms with E-state index in [4.69, 9.17) is 10.5 Å². The Labute approximate surface area is 116 Å². The Balaban J connectivity index is 1.62. The maximum absolute atomic E-state index is 12.1. The van der Waals surface area contributed by atoms with Crippen LogP contribution in [0.25, 0.3) is 0 Å². The number of hydrogen-bond donors (Lipinski definition) is 1. The summed E-state index contributed by atoms with van der Waals surface area (Å²) in [6, 6.07) is -0.204. The molecule has 2 N–H and O–H groups in total. The van der Waals surface area contributed by atoms with E-state index >= 15 is 0 Å². The van der Waals surface area contributed by atoms with E-state index in [9.17, 15) is 4.79 Å². The van der Waals surface area contributed by atoms with Crippen LogP contribution in [-0.4, -0.2) is 49.6 Å². The molecule has 110 valence electrons. The Hall–Kier alpha value is -0.450. The number of hydrogen-bond acceptors (Lipinski definition) is 4. The van der Waals surface area contributed by atoms with Gasteiger partial charge < -0.3 is 10.5 Å². The summed E-state index contributed by atoms with van der Waals surface area (Å²) < 4.78 is 5.32. The van der Waals surface area contributed by atoms with Crippen molar-refractivity contribution in [2.45, 2.75) is 51.0 Å². The molecule has 4 nitrogen and oxygen atoms in total. The van der Waals surface area contributed by atoms with Crippen LogP contribution in [0.5, 0.6) is 0 Å². The lowest BCUT2D eigenvalue weighted by Gasteiger charge is -2.28. The van der Waals surface area contributed by atoms with E-state index in [1.54, 1.807) is 0 Å². The summed E-state index contributed by atoms with van der Waals surface area (Å²) in [6.45, 7) is 4.67. The highest BCUT2D eigenvalue weighted by atomic mass is 16.5. The number of nitrogens with two attached hydrogens (primary N) is 1. The largest absolute Gasteiger partial charge is 0.379 e. The molecule has 2 aliphatic rings. The number of carbonyl (C=O) groups excluding carboxylic acids is 1. The first kappa shape index (κ1) is 14.9. The van der Waals surface area contributed by atoms with Crippen molar-refractivity contribution in [1.82, 2.24) is 4.90 Å². The number of morpholine rings is 1. The number of carbonyl (C=O) groups is 1. The molecule has 1 aliphatic carbocycles. The van der Waals surface area contributed by atoms with Crippen molar-refractivity contribution in [2.75, 3.05) is 32.8 Å². The second-order valence-electron chi connectivity index (χ2n) is 5.95. The van der Waals surface area contributed by atoms with Gasteiger partial charge in [0.2, 0.25) is 0 Å². The number of ether oxygens (including phenoxy) is 1. The Morgan fingerprint density at radius 3 is 2.58 bits per heavy atom. The minimum Gasteiger partial charge on any atom is -0.379 e. The lowest BCUT2D eigenvalue weighted by atomic mass is 9.82. The van der Waals surface area contributed by atoms with E-state index in [0.29, 0.717) is 12.3 Å². The van der Waals surface area contributed by atoms with Gasteiger partial charge >= 0.3 is 0 Å². The third-order valence-electron chi connectivity index (χ3n) is 4.53. The highest BCUT2D eigenvalue weighted by Crippen LogP contribution is 2.26. The zero-order chi connectivity index (χ0) is 13.5. The van der Waals surface area contributed by atoms with Gasteiger partial charge in [-0.05, 0) is 31.7 Å². The molecule has 4 heteroatoms. The fourth-order valence-corrected chi connectivity index (χ4v) is 3.22. The molecule has 2 rings (SSSR count). The summed E-state index contributed by atoms with van der Waals surface area (Å²) in [6.07, 6.45) is 7.70. The van der Waals surface area contributed by atoms with Gasteiger partial charge in [-0.15, -0.1) is 0 Å². The van der Waals surface area contributed by atoms with E-state index in [2.05, 4.69) is 4.90 Å². The molecule has 19 heavy (non-hydrogen) atoms. The van der Waals surface area contributed by atoms with Crippen LogP contribution in [0.4, 0.5) is 0 Å². The average Bonchev–Trinajstić information content (AvgIpc) is 2.48. The van der Waals surface area contributed by atoms with Crippen molar-refractivity contribution in [1.29, 1.82) is 0 Å². The van der Waals surface area contributed by atoms with E-state index < -0.39 is 0 Å². The van der Waals surface area contributed by atoms with Gasteiger partial charge in [-0.1, -0.05) is 19.3 Å². The normalized spacial score (nSPS) is 24.3. The van der Waals surface area contributed by atoms with Crippen LogP contribution in [0.2, 0.25) is 0 Å². The van der Waals surface area contributed by atoms with Gasteiger partial charge in [0, 0.05) is 19.5 Å². The number of Topliss-reactive ketones (excluding diaryl/α,β-unsaturated/α-hetero) is 1. The quantitative estimate of drug-likeness (QED) is 0.794. The minimum atomic E-state index is -0.204. The molecule has 0 amide bonds. The lowest BCUT2D eigenvalue weighted by Crippen LogP contribution is -2.40. The van der Waals surface area contributed by atoms with Crippen LogP contribution in [0, 0.1) is 5.92 Å². The van der Waals surface area contributed by atoms with Gasteiger partial charge in [0.15, 0.2) is 0 Å². The van der Waals surface area contributed by atoms with Crippen molar-refractivity contribution in [3.8, 4) is 0 Å². The van der Waals surface area contributed by atoms with Crippen LogP contribution in [0.1, 0.15) is 44.9 Å². The standard InChI is InChI=1S/C15H28N2O2/c16-15(13-5-2-1-3-6-13)14(18)7-4-8-17-9-11-19-12-10-17/h13,15H,1-12,16H2/t15-/m0/s1. The summed E-state index contributed by atoms with van der Waals surface area (Å²) in [7, 11) is 0. The monoisotopic (exact) mass is 268 g/mol. The fourth-order valence-electron chi connectivity index (χ4n) is 3.22. The molecule has 0 aromatic heterocycles. The van der Waals surface area contributed by atoms with Gasteiger partial charge in [-0.25, -0.2) is 0 Å². The first-order valence-corrected chi connectivity index (χ1v) is 7.86. The Morgan fingerprint density at radius 1 is 1.21 bits per heavy atom. The van der Waals surface area contributed by atoms with Gasteiger partial charge in [-0.3, -0.25) is 9.69 Å². The maximum atomic E-state index is 12.1. The topological polar surface area (TPSA) is 55.6 Å². The molecular formula is C15H28N2O2. The molecule has 1 saturated carbocycles. The maximum Gasteiger partial charge on any atom is 0.149 e. The zero-order valence-corrected chi connectivity index (χ0v) is 12.0. The summed E-state index contributed by atoms with van der Waals surface area (Å²) in [5.74, 6) is 0.727. The van der Waals surface area contributed by atoms with E-state index in [1.165, 1.54) is 19.3 Å². The van der Waals surface area contributed by atoms with Crippen molar-refractivity contribution in [3.63, 3.8) is 0 Å². The predicted molar refractivity (Wildman–Crippen MR) is 76.1 cm³/mol. The summed E-state index contributed by atoms with van der Waals surface area (Å²) >= 11 is 0. The lowest BCUT2D eigenvalue weighted by molar-refractivity contribution is -0.121. The molecular weight excluding hydrogens is 240 g/mol. The van der Waals surface area contributed by atoms with E-state index in [1.807, 2.05) is 0 Å². The SMILES string of the molecule is N[C@H](C(=O)CCCN1CCOCC1)C1CCCCC1. The Morgan fingerprint density at radius 2 is 1.89 bits per heavy atom. The average molecular weight is 268 g/mol. The zero-order valence-electron chi connectivity index (χ0n) is 12.0. The second kappa shape index (κ2) is 7.98. The van der Waals surface area contributed by atoms with Crippen molar-refractivity contribution in [2.24, 2.45) is 11.7 Å². The first-order chi connectivity index (χ1) is 9.27. The van der Waals surface area contributed by atoms with Crippen LogP contribution in [-0.2, 0) is 9.53 Å². The molecule has 0 aromatic carbocycles. The Bertz CT molecular complexity index is 271. The molecule has 1 atom stereocenters. The Kier molecular flexibility index (Phi) is 6.28. The molecule has 0 radical (unpaired) electrons. The van der Waals surface area contributed by atoms with Gasteiger partial charge in [0.25, 0.3) is 0 Å². The highest BCUT2D eigenvalue weighted by molar-refractivity contribution is 5.84. The smallest absolute Gasteiger partial charge is 0.149 e. The summed E-state index contributed by atoms with van der Waals surface area (Å²) in [4.78, 5) is 14.5. The van der Waals surface area contributed by atoms with Gasteiger partial charge in [0.05, 0.1) is 19.3 Å². The third kappa shape index (κ3) is 4.86. The molecule has 1 heterocycles. The predicted octanol–water partition coefficient (Wildman–Crippen LogP) is 1.58. The molecule has 0 bridgehead atoms. The summed E-state index contributed by atoms with van der Waals surface area (Å²) in [5, 5.41) is 0. The minimum absolute atomic E-state index is 0.204. The third-order valence-corrected chi connectivity index (χ3v) is 4.53. The number of nitrogens with zero attached hydrogens (tertiary/aromatic N) is 1. The number of ketones is 1. The van der Waals surface area contributed by atoms with Crippen LogP contribution < -0.4 is 5.73 Å². The molecule has 1 saturated heterocycles. The molecule has 2 fully saturated rings. The van der Waals surface area contributed by atoms with Crippen molar-refractivity contribution >= 4 is 5.78 Å². The number of rotatable bonds is 6. The molecule has 0 aromatic rings. The van der Waals surface area contributed by atoms with Gasteiger partial charge in [-0.2, -0.15) is 0 Å². The van der Waals surface area contributed by atoms with Crippen molar-refractivity contribution < 1.29 is 9.53 Å². The fraction of sp³-hybridized carbons (Fsp3) is 0.933. The molecule has 1 aliphatic heterocycles. The summed E-state index contributed by atoms with van der Waals surface area (Å²) in [5.41, 5.74) is 6.13. The van der Waals surface area contributed by atoms with Crippen LogP contribution in [0.3, 0.4) is 0 Å². The van der Waals surface area contributed by atoms with Gasteiger partial charge in [0.1, 0.15) is 5.78 Å². The molecule has 0 spiro atoms. The second-order valence-corrected chi connectivity index (χ2v) is 5.95. The van der Waals surface area contributed by atoms with Crippen LogP contribution >= 0.6 is 0 Å². The molecule has 0 unspecified atom stereocenters. The van der Waals surface area contributed by atoms with Crippen LogP contribution in [0.15, 0.2) is 0 Å². The first-order valence-electron chi connectivity index (χ1n) is 7.86. The van der Waals surface area contributed by atoms with E-state index in [-0.39, 0.29) is 11.8 Å². The van der Waals surface area contributed by atoms with E-state index in [0.717, 1.165) is 52.1 Å². The van der Waals surface area contributed by atoms with Crippen molar-refractivity contribution in [3.05, 3.63) is 0 Å².